The lowest BCUT2D eigenvalue weighted by Gasteiger charge is -2.22. The zero-order chi connectivity index (χ0) is 21.9. The molecular weight excluding hydrogens is 420 g/mol. The molecule has 3 aromatic carbocycles. The van der Waals surface area contributed by atoms with Gasteiger partial charge >= 0.3 is 5.97 Å². The first-order chi connectivity index (χ1) is 15.0. The van der Waals surface area contributed by atoms with Crippen LogP contribution in [0.15, 0.2) is 42.5 Å². The number of benzene rings is 3. The maximum absolute atomic E-state index is 13.4. The maximum atomic E-state index is 13.4. The molecule has 1 aliphatic carbocycles. The van der Waals surface area contributed by atoms with Crippen molar-refractivity contribution < 1.29 is 23.9 Å². The number of esters is 1. The van der Waals surface area contributed by atoms with Crippen LogP contribution in [-0.2, 0) is 4.74 Å². The van der Waals surface area contributed by atoms with E-state index in [9.17, 15) is 14.4 Å². The second-order valence-electron chi connectivity index (χ2n) is 6.91. The van der Waals surface area contributed by atoms with Gasteiger partial charge in [0.25, 0.3) is 0 Å². The van der Waals surface area contributed by atoms with E-state index in [1.807, 2.05) is 0 Å². The lowest BCUT2D eigenvalue weighted by molar-refractivity contribution is 0.0599. The van der Waals surface area contributed by atoms with Crippen LogP contribution in [0.25, 0.3) is 22.1 Å². The number of fused-ring (bicyclic) bond motifs is 4. The molecule has 1 aliphatic rings. The Kier molecular flexibility index (Phi) is 4.23. The van der Waals surface area contributed by atoms with Crippen molar-refractivity contribution in [3.05, 3.63) is 75.3 Å². The molecule has 8 heteroatoms. The van der Waals surface area contributed by atoms with Crippen molar-refractivity contribution in [3.63, 3.8) is 0 Å². The quantitative estimate of drug-likeness (QED) is 0.307. The van der Waals surface area contributed by atoms with Gasteiger partial charge in [0.2, 0.25) is 0 Å². The molecule has 7 nitrogen and oxygen atoms in total. The number of ketones is 2. The minimum atomic E-state index is -0.805. The molecule has 0 radical (unpaired) electrons. The molecular formula is C23H13ClN2O5. The second-order valence-corrected chi connectivity index (χ2v) is 7.29. The molecule has 0 aliphatic heterocycles. The SMILES string of the molecule is COC(=O)c1c2c(c(Cl)c3nc4cc(OC)ccc4nc13)C(=O)c1ccccc1C2=O. The van der Waals surface area contributed by atoms with Crippen molar-refractivity contribution in [2.24, 2.45) is 0 Å². The molecule has 0 bridgehead atoms. The first-order valence-corrected chi connectivity index (χ1v) is 9.61. The van der Waals surface area contributed by atoms with Gasteiger partial charge in [-0.3, -0.25) is 9.59 Å². The van der Waals surface area contributed by atoms with Crippen molar-refractivity contribution in [2.45, 2.75) is 0 Å². The number of hydrogen-bond donors (Lipinski definition) is 0. The third kappa shape index (κ3) is 2.63. The summed E-state index contributed by atoms with van der Waals surface area (Å²) in [6.45, 7) is 0. The summed E-state index contributed by atoms with van der Waals surface area (Å²) >= 11 is 6.62. The number of nitrogens with zero attached hydrogens (tertiary/aromatic N) is 2. The van der Waals surface area contributed by atoms with E-state index < -0.39 is 17.5 Å². The minimum absolute atomic E-state index is 0.0391. The van der Waals surface area contributed by atoms with Crippen LogP contribution >= 0.6 is 11.6 Å². The van der Waals surface area contributed by atoms with Gasteiger partial charge in [0.05, 0.1) is 47.0 Å². The van der Waals surface area contributed by atoms with Gasteiger partial charge in [-0.1, -0.05) is 35.9 Å². The van der Waals surface area contributed by atoms with Crippen LogP contribution in [0, 0.1) is 0 Å². The number of hydrogen-bond acceptors (Lipinski definition) is 7. The third-order valence-electron chi connectivity index (χ3n) is 5.30. The van der Waals surface area contributed by atoms with E-state index in [2.05, 4.69) is 9.97 Å². The average Bonchev–Trinajstić information content (AvgIpc) is 2.80. The molecule has 152 valence electrons. The molecule has 1 aromatic heterocycles. The summed E-state index contributed by atoms with van der Waals surface area (Å²) in [6.07, 6.45) is 0. The first kappa shape index (κ1) is 19.1. The van der Waals surface area contributed by atoms with Crippen molar-refractivity contribution in [3.8, 4) is 5.75 Å². The molecule has 0 unspecified atom stereocenters. The van der Waals surface area contributed by atoms with Gasteiger partial charge in [0.1, 0.15) is 16.8 Å². The normalized spacial score (nSPS) is 12.6. The topological polar surface area (TPSA) is 95.4 Å². The number of aromatic nitrogens is 2. The van der Waals surface area contributed by atoms with E-state index in [0.717, 1.165) is 0 Å². The number of halogens is 1. The highest BCUT2D eigenvalue weighted by Gasteiger charge is 2.38. The fourth-order valence-corrected chi connectivity index (χ4v) is 4.16. The molecule has 0 saturated heterocycles. The summed E-state index contributed by atoms with van der Waals surface area (Å²) in [7, 11) is 2.72. The number of ether oxygens (including phenoxy) is 2. The van der Waals surface area contributed by atoms with Gasteiger partial charge in [-0.25, -0.2) is 14.8 Å². The molecule has 0 spiro atoms. The average molecular weight is 433 g/mol. The molecule has 0 amide bonds. The number of carbonyl (C=O) groups excluding carboxylic acids is 3. The monoisotopic (exact) mass is 432 g/mol. The molecule has 31 heavy (non-hydrogen) atoms. The highest BCUT2D eigenvalue weighted by Crippen LogP contribution is 2.39. The van der Waals surface area contributed by atoms with E-state index in [-0.39, 0.29) is 43.9 Å². The summed E-state index contributed by atoms with van der Waals surface area (Å²) < 4.78 is 10.2. The van der Waals surface area contributed by atoms with E-state index in [1.165, 1.54) is 20.3 Å². The smallest absolute Gasteiger partial charge is 0.340 e. The highest BCUT2D eigenvalue weighted by atomic mass is 35.5. The number of carbonyl (C=O) groups is 3. The Hall–Kier alpha value is -3.84. The van der Waals surface area contributed by atoms with Gasteiger partial charge < -0.3 is 9.47 Å². The Morgan fingerprint density at radius 2 is 1.52 bits per heavy atom. The van der Waals surface area contributed by atoms with Crippen molar-refractivity contribution >= 4 is 51.2 Å². The van der Waals surface area contributed by atoms with Crippen LogP contribution < -0.4 is 4.74 Å². The van der Waals surface area contributed by atoms with E-state index in [1.54, 1.807) is 36.4 Å². The zero-order valence-corrected chi connectivity index (χ0v) is 17.1. The van der Waals surface area contributed by atoms with E-state index >= 15 is 0 Å². The van der Waals surface area contributed by atoms with Crippen LogP contribution in [0.4, 0.5) is 0 Å². The zero-order valence-electron chi connectivity index (χ0n) is 16.4. The predicted molar refractivity (Wildman–Crippen MR) is 113 cm³/mol. The lowest BCUT2D eigenvalue weighted by Crippen LogP contribution is -2.25. The maximum Gasteiger partial charge on any atom is 0.340 e. The fourth-order valence-electron chi connectivity index (χ4n) is 3.85. The molecule has 0 N–H and O–H groups in total. The standard InChI is InChI=1S/C23H13ClN2O5/c1-30-10-7-8-13-14(9-10)26-20-18(24)16-15(17(19(20)25-13)23(29)31-2)21(27)11-5-3-4-6-12(11)22(16)28/h3-9H,1-2H3. The first-order valence-electron chi connectivity index (χ1n) is 9.24. The van der Waals surface area contributed by atoms with Gasteiger partial charge in [0.15, 0.2) is 11.6 Å². The molecule has 0 fully saturated rings. The Labute approximate surface area is 180 Å². The van der Waals surface area contributed by atoms with Crippen LogP contribution in [0.1, 0.15) is 42.2 Å². The van der Waals surface area contributed by atoms with E-state index in [4.69, 9.17) is 21.1 Å². The number of methoxy groups -OCH3 is 2. The van der Waals surface area contributed by atoms with Crippen LogP contribution in [-0.4, -0.2) is 41.7 Å². The molecule has 5 rings (SSSR count). The summed E-state index contributed by atoms with van der Waals surface area (Å²) in [4.78, 5) is 48.5. The Bertz CT molecular complexity index is 1480. The summed E-state index contributed by atoms with van der Waals surface area (Å²) in [6, 6.07) is 11.4. The van der Waals surface area contributed by atoms with Crippen molar-refractivity contribution in [1.29, 1.82) is 0 Å². The van der Waals surface area contributed by atoms with Gasteiger partial charge in [-0.15, -0.1) is 0 Å². The number of rotatable bonds is 2. The minimum Gasteiger partial charge on any atom is -0.497 e. The van der Waals surface area contributed by atoms with Crippen molar-refractivity contribution in [1.82, 2.24) is 9.97 Å². The lowest BCUT2D eigenvalue weighted by atomic mass is 9.81. The van der Waals surface area contributed by atoms with Gasteiger partial charge in [0, 0.05) is 17.2 Å². The molecule has 0 saturated carbocycles. The van der Waals surface area contributed by atoms with Crippen LogP contribution in [0.3, 0.4) is 0 Å². The van der Waals surface area contributed by atoms with E-state index in [0.29, 0.717) is 16.8 Å². The van der Waals surface area contributed by atoms with Crippen LogP contribution in [0.5, 0.6) is 5.75 Å². The predicted octanol–water partition coefficient (Wildman–Crippen LogP) is 4.01. The largest absolute Gasteiger partial charge is 0.497 e. The van der Waals surface area contributed by atoms with Crippen molar-refractivity contribution in [2.75, 3.05) is 14.2 Å². The van der Waals surface area contributed by atoms with Gasteiger partial charge in [-0.2, -0.15) is 0 Å². The molecule has 0 atom stereocenters. The molecule has 1 heterocycles. The van der Waals surface area contributed by atoms with Crippen LogP contribution in [0.2, 0.25) is 5.02 Å². The summed E-state index contributed by atoms with van der Waals surface area (Å²) in [5.74, 6) is -1.20. The summed E-state index contributed by atoms with van der Waals surface area (Å²) in [5, 5.41) is -0.0391. The Morgan fingerprint density at radius 1 is 0.871 bits per heavy atom. The highest BCUT2D eigenvalue weighted by molar-refractivity contribution is 6.44. The fraction of sp³-hybridized carbons (Fsp3) is 0.0870. The van der Waals surface area contributed by atoms with Gasteiger partial charge in [-0.05, 0) is 12.1 Å². The Morgan fingerprint density at radius 3 is 2.16 bits per heavy atom. The Balaban J connectivity index is 1.97. The summed E-state index contributed by atoms with van der Waals surface area (Å²) in [5.41, 5.74) is 1.23. The molecule has 4 aromatic rings. The second kappa shape index (κ2) is 6.85. The third-order valence-corrected chi connectivity index (χ3v) is 5.66.